The van der Waals surface area contributed by atoms with E-state index < -0.39 is 18.1 Å². The second-order valence-electron chi connectivity index (χ2n) is 5.34. The van der Waals surface area contributed by atoms with Gasteiger partial charge in [-0.3, -0.25) is 5.10 Å². The summed E-state index contributed by atoms with van der Waals surface area (Å²) >= 11 is 0. The lowest BCUT2D eigenvalue weighted by molar-refractivity contribution is 0.116. The summed E-state index contributed by atoms with van der Waals surface area (Å²) in [5, 5.41) is 21.2. The van der Waals surface area contributed by atoms with Crippen molar-refractivity contribution in [1.82, 2.24) is 35.4 Å². The summed E-state index contributed by atoms with van der Waals surface area (Å²) in [6.45, 7) is 0.142. The van der Waals surface area contributed by atoms with Gasteiger partial charge >= 0.3 is 6.43 Å². The molecule has 1 N–H and O–H groups in total. The number of hydrogen-bond donors (Lipinski definition) is 1. The molecule has 0 bridgehead atoms. The highest BCUT2D eigenvalue weighted by atomic mass is 19.3. The third-order valence-electron chi connectivity index (χ3n) is 3.59. The number of halogens is 3. The van der Waals surface area contributed by atoms with Gasteiger partial charge in [0.2, 0.25) is 5.89 Å². The Morgan fingerprint density at radius 2 is 2.04 bits per heavy atom. The van der Waals surface area contributed by atoms with Crippen LogP contribution in [0.1, 0.15) is 17.9 Å². The van der Waals surface area contributed by atoms with E-state index in [-0.39, 0.29) is 18.0 Å². The normalized spacial score (nSPS) is 11.4. The van der Waals surface area contributed by atoms with E-state index in [1.807, 2.05) is 0 Å². The van der Waals surface area contributed by atoms with E-state index in [1.54, 1.807) is 18.6 Å². The molecule has 3 heterocycles. The Kier molecular flexibility index (Phi) is 3.95. The fraction of sp³-hybridized carbons (Fsp3) is 0.133. The Hall–Kier alpha value is -3.50. The highest BCUT2D eigenvalue weighted by Gasteiger charge is 2.18. The first-order chi connectivity index (χ1) is 12.6. The van der Waals surface area contributed by atoms with Crippen LogP contribution < -0.4 is 0 Å². The lowest BCUT2D eigenvalue weighted by Crippen LogP contribution is -2.03. The fourth-order valence-corrected chi connectivity index (χ4v) is 2.32. The van der Waals surface area contributed by atoms with Crippen molar-refractivity contribution in [2.75, 3.05) is 0 Å². The molecule has 0 aliphatic heterocycles. The molecule has 3 aromatic heterocycles. The van der Waals surface area contributed by atoms with Gasteiger partial charge in [-0.15, -0.1) is 15.3 Å². The van der Waals surface area contributed by atoms with Crippen LogP contribution in [0.25, 0.3) is 22.7 Å². The van der Waals surface area contributed by atoms with Crippen molar-refractivity contribution in [3.63, 3.8) is 0 Å². The second kappa shape index (κ2) is 6.43. The zero-order valence-electron chi connectivity index (χ0n) is 13.0. The summed E-state index contributed by atoms with van der Waals surface area (Å²) in [5.41, 5.74) is 1.91. The SMILES string of the molecule is Fc1cc(-c2nnc(C(F)F)o2)ccc1Cn1cc(-c2cn[nH]c2)nn1. The zero-order chi connectivity index (χ0) is 18.1. The molecule has 0 aliphatic carbocycles. The van der Waals surface area contributed by atoms with Crippen molar-refractivity contribution < 1.29 is 17.6 Å². The maximum atomic E-state index is 14.4. The van der Waals surface area contributed by atoms with Crippen molar-refractivity contribution >= 4 is 0 Å². The van der Waals surface area contributed by atoms with Gasteiger partial charge in [0.05, 0.1) is 18.9 Å². The largest absolute Gasteiger partial charge is 0.415 e. The van der Waals surface area contributed by atoms with E-state index in [2.05, 4.69) is 30.7 Å². The van der Waals surface area contributed by atoms with Crippen molar-refractivity contribution in [3.8, 4) is 22.7 Å². The number of hydrogen-bond acceptors (Lipinski definition) is 6. The van der Waals surface area contributed by atoms with Crippen LogP contribution in [0.15, 0.2) is 41.2 Å². The van der Waals surface area contributed by atoms with Crippen LogP contribution in [0.2, 0.25) is 0 Å². The quantitative estimate of drug-likeness (QED) is 0.587. The van der Waals surface area contributed by atoms with Crippen LogP contribution in [0, 0.1) is 5.82 Å². The first kappa shape index (κ1) is 16.0. The third kappa shape index (κ3) is 3.06. The monoisotopic (exact) mass is 361 g/mol. The maximum absolute atomic E-state index is 14.4. The number of rotatable bonds is 5. The molecule has 26 heavy (non-hydrogen) atoms. The van der Waals surface area contributed by atoms with Crippen molar-refractivity contribution in [1.29, 1.82) is 0 Å². The lowest BCUT2D eigenvalue weighted by atomic mass is 10.1. The standard InChI is InChI=1S/C15H10F3N7O/c16-11-3-8(14-22-23-15(26-14)13(17)18)1-2-9(11)6-25-7-12(21-24-25)10-4-19-20-5-10/h1-5,7,13H,6H2,(H,19,20). The molecule has 0 amide bonds. The van der Waals surface area contributed by atoms with Gasteiger partial charge in [-0.1, -0.05) is 11.3 Å². The minimum absolute atomic E-state index is 0.142. The van der Waals surface area contributed by atoms with Gasteiger partial charge in [0.15, 0.2) is 0 Å². The minimum atomic E-state index is -2.88. The third-order valence-corrected chi connectivity index (χ3v) is 3.59. The Morgan fingerprint density at radius 3 is 2.73 bits per heavy atom. The predicted octanol–water partition coefficient (Wildman–Crippen LogP) is 2.84. The van der Waals surface area contributed by atoms with E-state index in [0.29, 0.717) is 11.3 Å². The average molecular weight is 361 g/mol. The summed E-state index contributed by atoms with van der Waals surface area (Å²) < 4.78 is 45.6. The van der Waals surface area contributed by atoms with Gasteiger partial charge < -0.3 is 4.42 Å². The van der Waals surface area contributed by atoms with Crippen LogP contribution >= 0.6 is 0 Å². The van der Waals surface area contributed by atoms with Crippen LogP contribution in [-0.4, -0.2) is 35.4 Å². The highest BCUT2D eigenvalue weighted by molar-refractivity contribution is 5.55. The number of alkyl halides is 2. The molecule has 0 radical (unpaired) electrons. The molecule has 0 spiro atoms. The molecule has 8 nitrogen and oxygen atoms in total. The van der Waals surface area contributed by atoms with E-state index in [9.17, 15) is 13.2 Å². The summed E-state index contributed by atoms with van der Waals surface area (Å²) in [4.78, 5) is 0. The summed E-state index contributed by atoms with van der Waals surface area (Å²) in [6.07, 6.45) is 2.05. The van der Waals surface area contributed by atoms with Crippen LogP contribution in [0.4, 0.5) is 13.2 Å². The number of aromatic nitrogens is 7. The zero-order valence-corrected chi connectivity index (χ0v) is 13.0. The Morgan fingerprint density at radius 1 is 1.15 bits per heavy atom. The molecule has 0 fully saturated rings. The van der Waals surface area contributed by atoms with Crippen molar-refractivity contribution in [2.24, 2.45) is 0 Å². The van der Waals surface area contributed by atoms with Gasteiger partial charge in [0, 0.05) is 22.9 Å². The predicted molar refractivity (Wildman–Crippen MR) is 81.4 cm³/mol. The van der Waals surface area contributed by atoms with E-state index in [0.717, 1.165) is 11.6 Å². The molecular formula is C15H10F3N7O. The van der Waals surface area contributed by atoms with Gasteiger partial charge in [0.25, 0.3) is 5.89 Å². The topological polar surface area (TPSA) is 98.3 Å². The highest BCUT2D eigenvalue weighted by Crippen LogP contribution is 2.25. The Bertz CT molecular complexity index is 1030. The number of H-pyrrole nitrogens is 1. The summed E-state index contributed by atoms with van der Waals surface area (Å²) in [5.74, 6) is -1.53. The lowest BCUT2D eigenvalue weighted by Gasteiger charge is -2.04. The Balaban J connectivity index is 1.54. The van der Waals surface area contributed by atoms with Crippen LogP contribution in [0.3, 0.4) is 0 Å². The minimum Gasteiger partial charge on any atom is -0.415 e. The molecule has 1 aromatic carbocycles. The van der Waals surface area contributed by atoms with Gasteiger partial charge in [0.1, 0.15) is 11.5 Å². The smallest absolute Gasteiger partial charge is 0.314 e. The molecule has 4 rings (SSSR count). The summed E-state index contributed by atoms with van der Waals surface area (Å²) in [6, 6.07) is 4.15. The van der Waals surface area contributed by atoms with E-state index in [4.69, 9.17) is 4.42 Å². The number of nitrogens with zero attached hydrogens (tertiary/aromatic N) is 6. The first-order valence-electron chi connectivity index (χ1n) is 7.40. The Labute approximate surface area is 143 Å². The molecule has 0 unspecified atom stereocenters. The first-order valence-corrected chi connectivity index (χ1v) is 7.40. The van der Waals surface area contributed by atoms with E-state index in [1.165, 1.54) is 16.8 Å². The number of nitrogens with one attached hydrogen (secondary N) is 1. The molecule has 0 saturated heterocycles. The van der Waals surface area contributed by atoms with Gasteiger partial charge in [-0.2, -0.15) is 13.9 Å². The molecule has 4 aromatic rings. The van der Waals surface area contributed by atoms with Gasteiger partial charge in [-0.05, 0) is 12.1 Å². The molecule has 0 saturated carbocycles. The van der Waals surface area contributed by atoms with Crippen LogP contribution in [-0.2, 0) is 6.54 Å². The van der Waals surface area contributed by atoms with Crippen molar-refractivity contribution in [2.45, 2.75) is 13.0 Å². The second-order valence-corrected chi connectivity index (χ2v) is 5.34. The average Bonchev–Trinajstić information content (AvgIpc) is 3.38. The van der Waals surface area contributed by atoms with E-state index >= 15 is 0 Å². The molecule has 0 atom stereocenters. The number of benzene rings is 1. The van der Waals surface area contributed by atoms with Crippen molar-refractivity contribution in [3.05, 3.63) is 54.1 Å². The number of aromatic amines is 1. The fourth-order valence-electron chi connectivity index (χ4n) is 2.32. The molecule has 132 valence electrons. The van der Waals surface area contributed by atoms with Gasteiger partial charge in [-0.25, -0.2) is 9.07 Å². The molecular weight excluding hydrogens is 351 g/mol. The maximum Gasteiger partial charge on any atom is 0.314 e. The molecule has 11 heteroatoms. The molecule has 0 aliphatic rings. The van der Waals surface area contributed by atoms with Crippen LogP contribution in [0.5, 0.6) is 0 Å². The summed E-state index contributed by atoms with van der Waals surface area (Å²) in [7, 11) is 0.